The van der Waals surface area contributed by atoms with Crippen molar-refractivity contribution < 1.29 is 9.53 Å². The molecule has 0 aliphatic carbocycles. The minimum absolute atomic E-state index is 0.233. The van der Waals surface area contributed by atoms with Gasteiger partial charge in [-0.2, -0.15) is 0 Å². The summed E-state index contributed by atoms with van der Waals surface area (Å²) in [6.07, 6.45) is 3.86. The third kappa shape index (κ3) is 3.51. The molecule has 1 heterocycles. The molecule has 2 aromatic carbocycles. The van der Waals surface area contributed by atoms with Gasteiger partial charge in [-0.3, -0.25) is 0 Å². The van der Waals surface area contributed by atoms with E-state index in [9.17, 15) is 4.79 Å². The molecule has 1 atom stereocenters. The Morgan fingerprint density at radius 1 is 1.08 bits per heavy atom. The SMILES string of the molecule is C=CC[C@]1(c2ccccc2)CCN(CCc2ccccc2)C(=O)O1. The predicted molar refractivity (Wildman–Crippen MR) is 95.8 cm³/mol. The number of amides is 1. The van der Waals surface area contributed by atoms with Crippen LogP contribution in [-0.2, 0) is 16.8 Å². The molecule has 1 amide bonds. The zero-order chi connectivity index (χ0) is 16.8. The maximum atomic E-state index is 12.5. The first kappa shape index (κ1) is 16.3. The second kappa shape index (κ2) is 7.35. The molecule has 1 aliphatic heterocycles. The third-order valence-corrected chi connectivity index (χ3v) is 4.61. The van der Waals surface area contributed by atoms with E-state index in [1.165, 1.54) is 5.56 Å². The first-order valence-corrected chi connectivity index (χ1v) is 8.42. The van der Waals surface area contributed by atoms with Crippen LogP contribution in [-0.4, -0.2) is 24.1 Å². The van der Waals surface area contributed by atoms with Crippen molar-refractivity contribution in [2.24, 2.45) is 0 Å². The minimum atomic E-state index is -0.580. The van der Waals surface area contributed by atoms with Crippen molar-refractivity contribution in [1.29, 1.82) is 0 Å². The summed E-state index contributed by atoms with van der Waals surface area (Å²) in [6, 6.07) is 20.2. The van der Waals surface area contributed by atoms with Gasteiger partial charge in [-0.25, -0.2) is 4.79 Å². The first-order chi connectivity index (χ1) is 11.7. The van der Waals surface area contributed by atoms with Crippen LogP contribution in [0.2, 0.25) is 0 Å². The van der Waals surface area contributed by atoms with Crippen LogP contribution in [0, 0.1) is 0 Å². The van der Waals surface area contributed by atoms with Crippen molar-refractivity contribution in [3.8, 4) is 0 Å². The molecule has 0 unspecified atom stereocenters. The van der Waals surface area contributed by atoms with E-state index in [2.05, 4.69) is 18.7 Å². The molecule has 0 aromatic heterocycles. The minimum Gasteiger partial charge on any atom is -0.437 e. The van der Waals surface area contributed by atoms with Crippen LogP contribution in [0.15, 0.2) is 73.3 Å². The number of hydrogen-bond acceptors (Lipinski definition) is 2. The molecule has 0 N–H and O–H groups in total. The molecular weight excluding hydrogens is 298 g/mol. The van der Waals surface area contributed by atoms with E-state index in [0.717, 1.165) is 18.4 Å². The van der Waals surface area contributed by atoms with Crippen molar-refractivity contribution in [3.05, 3.63) is 84.4 Å². The van der Waals surface area contributed by atoms with Gasteiger partial charge in [0.15, 0.2) is 0 Å². The van der Waals surface area contributed by atoms with E-state index in [-0.39, 0.29) is 6.09 Å². The summed E-state index contributed by atoms with van der Waals surface area (Å²) in [5.74, 6) is 0. The van der Waals surface area contributed by atoms with Gasteiger partial charge in [0.05, 0.1) is 0 Å². The average Bonchev–Trinajstić information content (AvgIpc) is 2.63. The van der Waals surface area contributed by atoms with Crippen LogP contribution < -0.4 is 0 Å². The van der Waals surface area contributed by atoms with E-state index in [0.29, 0.717) is 19.5 Å². The lowest BCUT2D eigenvalue weighted by atomic mass is 9.86. The zero-order valence-electron chi connectivity index (χ0n) is 13.9. The molecule has 0 saturated carbocycles. The standard InChI is InChI=1S/C21H23NO2/c1-2-14-21(19-11-7-4-8-12-19)15-17-22(20(23)24-21)16-13-18-9-5-3-6-10-18/h2-12H,1,13-17H2/t21-/m1/s1. The fourth-order valence-electron chi connectivity index (χ4n) is 3.24. The van der Waals surface area contributed by atoms with E-state index >= 15 is 0 Å². The number of nitrogens with zero attached hydrogens (tertiary/aromatic N) is 1. The molecule has 1 saturated heterocycles. The molecule has 1 fully saturated rings. The molecule has 0 bridgehead atoms. The predicted octanol–water partition coefficient (Wildman–Crippen LogP) is 4.54. The molecule has 24 heavy (non-hydrogen) atoms. The summed E-state index contributed by atoms with van der Waals surface area (Å²) < 4.78 is 5.92. The van der Waals surface area contributed by atoms with Crippen molar-refractivity contribution >= 4 is 6.09 Å². The van der Waals surface area contributed by atoms with Crippen LogP contribution in [0.4, 0.5) is 4.79 Å². The van der Waals surface area contributed by atoms with Crippen LogP contribution >= 0.6 is 0 Å². The van der Waals surface area contributed by atoms with Crippen molar-refractivity contribution in [2.45, 2.75) is 24.9 Å². The van der Waals surface area contributed by atoms with Crippen molar-refractivity contribution in [1.82, 2.24) is 4.90 Å². The topological polar surface area (TPSA) is 29.5 Å². The number of carbonyl (C=O) groups is 1. The normalized spacial score (nSPS) is 20.5. The van der Waals surface area contributed by atoms with Gasteiger partial charge in [0.25, 0.3) is 0 Å². The fourth-order valence-corrected chi connectivity index (χ4v) is 3.24. The largest absolute Gasteiger partial charge is 0.437 e. The van der Waals surface area contributed by atoms with Gasteiger partial charge in [-0.1, -0.05) is 66.7 Å². The van der Waals surface area contributed by atoms with Gasteiger partial charge < -0.3 is 9.64 Å². The Bertz CT molecular complexity index is 683. The van der Waals surface area contributed by atoms with Gasteiger partial charge in [0.2, 0.25) is 0 Å². The molecule has 2 aromatic rings. The van der Waals surface area contributed by atoms with Crippen molar-refractivity contribution in [3.63, 3.8) is 0 Å². The second-order valence-electron chi connectivity index (χ2n) is 6.19. The molecule has 124 valence electrons. The fraction of sp³-hybridized carbons (Fsp3) is 0.286. The van der Waals surface area contributed by atoms with Crippen molar-refractivity contribution in [2.75, 3.05) is 13.1 Å². The molecule has 1 aliphatic rings. The highest BCUT2D eigenvalue weighted by molar-refractivity contribution is 5.69. The molecule has 3 heteroatoms. The van der Waals surface area contributed by atoms with Gasteiger partial charge >= 0.3 is 6.09 Å². The monoisotopic (exact) mass is 321 g/mol. The third-order valence-electron chi connectivity index (χ3n) is 4.61. The maximum Gasteiger partial charge on any atom is 0.410 e. The van der Waals surface area contributed by atoms with E-state index in [1.807, 2.05) is 54.6 Å². The Labute approximate surface area is 143 Å². The lowest BCUT2D eigenvalue weighted by molar-refractivity contribution is -0.0507. The van der Waals surface area contributed by atoms with Crippen LogP contribution in [0.3, 0.4) is 0 Å². The quantitative estimate of drug-likeness (QED) is 0.731. The Morgan fingerprint density at radius 3 is 2.38 bits per heavy atom. The summed E-state index contributed by atoms with van der Waals surface area (Å²) in [6.45, 7) is 5.23. The Kier molecular flexibility index (Phi) is 4.99. The summed E-state index contributed by atoms with van der Waals surface area (Å²) in [4.78, 5) is 14.4. The molecular formula is C21H23NO2. The summed E-state index contributed by atoms with van der Waals surface area (Å²) in [5.41, 5.74) is 1.70. The maximum absolute atomic E-state index is 12.5. The molecule has 3 rings (SSSR count). The smallest absolute Gasteiger partial charge is 0.410 e. The Hall–Kier alpha value is -2.55. The van der Waals surface area contributed by atoms with Crippen LogP contribution in [0.1, 0.15) is 24.0 Å². The van der Waals surface area contributed by atoms with Crippen LogP contribution in [0.25, 0.3) is 0 Å². The number of benzene rings is 2. The van der Waals surface area contributed by atoms with Gasteiger partial charge in [0, 0.05) is 25.9 Å². The van der Waals surface area contributed by atoms with E-state index in [4.69, 9.17) is 4.74 Å². The number of cyclic esters (lactones) is 1. The number of carbonyl (C=O) groups excluding carboxylic acids is 1. The second-order valence-corrected chi connectivity index (χ2v) is 6.19. The van der Waals surface area contributed by atoms with Gasteiger partial charge in [-0.15, -0.1) is 6.58 Å². The highest BCUT2D eigenvalue weighted by atomic mass is 16.6. The lowest BCUT2D eigenvalue weighted by Crippen LogP contribution is -2.48. The number of rotatable bonds is 6. The first-order valence-electron chi connectivity index (χ1n) is 8.42. The zero-order valence-corrected chi connectivity index (χ0v) is 13.9. The lowest BCUT2D eigenvalue weighted by Gasteiger charge is -2.41. The highest BCUT2D eigenvalue weighted by Gasteiger charge is 2.40. The summed E-state index contributed by atoms with van der Waals surface area (Å²) in [7, 11) is 0. The van der Waals surface area contributed by atoms with Crippen LogP contribution in [0.5, 0.6) is 0 Å². The van der Waals surface area contributed by atoms with E-state index < -0.39 is 5.60 Å². The summed E-state index contributed by atoms with van der Waals surface area (Å²) in [5, 5.41) is 0. The molecule has 0 spiro atoms. The molecule has 0 radical (unpaired) electrons. The average molecular weight is 321 g/mol. The number of ether oxygens (including phenoxy) is 1. The van der Waals surface area contributed by atoms with Gasteiger partial charge in [-0.05, 0) is 17.5 Å². The number of hydrogen-bond donors (Lipinski definition) is 0. The molecule has 3 nitrogen and oxygen atoms in total. The van der Waals surface area contributed by atoms with E-state index in [1.54, 1.807) is 4.90 Å². The Morgan fingerprint density at radius 2 is 1.75 bits per heavy atom. The highest BCUT2D eigenvalue weighted by Crippen LogP contribution is 2.37. The summed E-state index contributed by atoms with van der Waals surface area (Å²) >= 11 is 0. The van der Waals surface area contributed by atoms with Gasteiger partial charge in [0.1, 0.15) is 5.60 Å². The Balaban J connectivity index is 1.69.